The summed E-state index contributed by atoms with van der Waals surface area (Å²) < 4.78 is 10.7. The molecule has 7 rings (SSSR count). The van der Waals surface area contributed by atoms with Gasteiger partial charge in [-0.3, -0.25) is 0 Å². The number of anilines is 3. The summed E-state index contributed by atoms with van der Waals surface area (Å²) in [6.45, 7) is 8.75. The average Bonchev–Trinajstić information content (AvgIpc) is 3.09. The molecule has 7 aromatic carbocycles. The molecule has 0 aliphatic carbocycles. The van der Waals surface area contributed by atoms with Crippen molar-refractivity contribution in [3.05, 3.63) is 152 Å². The van der Waals surface area contributed by atoms with Crippen molar-refractivity contribution in [2.24, 2.45) is 0 Å². The van der Waals surface area contributed by atoms with Crippen molar-refractivity contribution < 1.29 is 19.1 Å². The van der Waals surface area contributed by atoms with E-state index in [1.54, 1.807) is 31.2 Å². The zero-order chi connectivity index (χ0) is 31.8. The summed E-state index contributed by atoms with van der Waals surface area (Å²) in [5.41, 5.74) is 5.25. The van der Waals surface area contributed by atoms with Crippen LogP contribution in [0.15, 0.2) is 152 Å². The topological polar surface area (TPSA) is 55.8 Å². The molecule has 0 aliphatic heterocycles. The van der Waals surface area contributed by atoms with Crippen LogP contribution in [-0.4, -0.2) is 11.9 Å². The lowest BCUT2D eigenvalue weighted by atomic mass is 9.93. The lowest BCUT2D eigenvalue weighted by Crippen LogP contribution is -2.11. The predicted molar refractivity (Wildman–Crippen MR) is 187 cm³/mol. The summed E-state index contributed by atoms with van der Waals surface area (Å²) in [5.74, 6) is -0.0441. The number of carbonyl (C=O) groups excluding carboxylic acids is 2. The molecule has 0 heterocycles. The van der Waals surface area contributed by atoms with E-state index in [0.29, 0.717) is 17.1 Å². The fraction of sp³-hybridized carbons (Fsp3) is 0.0244. The zero-order valence-corrected chi connectivity index (χ0v) is 25.2. The third-order valence-corrected chi connectivity index (χ3v) is 8.10. The van der Waals surface area contributed by atoms with Crippen molar-refractivity contribution in [1.82, 2.24) is 0 Å². The molecule has 46 heavy (non-hydrogen) atoms. The van der Waals surface area contributed by atoms with Gasteiger partial charge < -0.3 is 14.4 Å². The number of rotatable bonds is 8. The fourth-order valence-electron chi connectivity index (χ4n) is 5.88. The highest BCUT2D eigenvalue weighted by molar-refractivity contribution is 6.25. The Balaban J connectivity index is 1.32. The van der Waals surface area contributed by atoms with Gasteiger partial charge in [-0.1, -0.05) is 86.0 Å². The quantitative estimate of drug-likeness (QED) is 0.0753. The van der Waals surface area contributed by atoms with Crippen molar-refractivity contribution in [3.8, 4) is 22.6 Å². The standard InChI is InChI=1S/C41H29NO4/c1-4-38(43)45-34-22-18-33(19-23-34)42(32-16-10-27(11-17-32)28-12-20-35(21-13-28)46-41(44)26(2)3)37-25-15-31-9-8-29-6-5-7-30-14-24-36(37)40(31)39(29)30/h4-25H,1-2H2,3H3. The summed E-state index contributed by atoms with van der Waals surface area (Å²) in [7, 11) is 0. The van der Waals surface area contributed by atoms with E-state index in [1.165, 1.54) is 26.9 Å². The van der Waals surface area contributed by atoms with Crippen LogP contribution in [0, 0.1) is 0 Å². The smallest absolute Gasteiger partial charge is 0.338 e. The zero-order valence-electron chi connectivity index (χ0n) is 25.2. The molecule has 5 heteroatoms. The van der Waals surface area contributed by atoms with Gasteiger partial charge in [0.2, 0.25) is 0 Å². The highest BCUT2D eigenvalue weighted by Crippen LogP contribution is 2.44. The van der Waals surface area contributed by atoms with Crippen LogP contribution >= 0.6 is 0 Å². The van der Waals surface area contributed by atoms with Crippen molar-refractivity contribution in [2.75, 3.05) is 4.90 Å². The second-order valence-corrected chi connectivity index (χ2v) is 11.1. The molecule has 0 fully saturated rings. The van der Waals surface area contributed by atoms with Gasteiger partial charge in [0.25, 0.3) is 0 Å². The maximum Gasteiger partial charge on any atom is 0.338 e. The molecule has 7 aromatic rings. The Hall–Kier alpha value is -6.20. The van der Waals surface area contributed by atoms with Gasteiger partial charge in [0.1, 0.15) is 11.5 Å². The monoisotopic (exact) mass is 599 g/mol. The Morgan fingerprint density at radius 1 is 0.609 bits per heavy atom. The molecule has 0 saturated carbocycles. The molecule has 0 bridgehead atoms. The van der Waals surface area contributed by atoms with Gasteiger partial charge in [-0.05, 0) is 99.6 Å². The Kier molecular flexibility index (Phi) is 7.27. The van der Waals surface area contributed by atoms with Gasteiger partial charge in [0.15, 0.2) is 0 Å². The fourth-order valence-corrected chi connectivity index (χ4v) is 5.88. The van der Waals surface area contributed by atoms with Crippen LogP contribution in [0.2, 0.25) is 0 Å². The highest BCUT2D eigenvalue weighted by atomic mass is 16.5. The van der Waals surface area contributed by atoms with E-state index in [4.69, 9.17) is 9.47 Å². The Morgan fingerprint density at radius 2 is 1.11 bits per heavy atom. The minimum atomic E-state index is -0.506. The van der Waals surface area contributed by atoms with E-state index in [1.807, 2.05) is 24.3 Å². The normalized spacial score (nSPS) is 11.1. The molecule has 0 unspecified atom stereocenters. The average molecular weight is 600 g/mol. The number of carbonyl (C=O) groups is 2. The summed E-state index contributed by atoms with van der Waals surface area (Å²) in [6, 6.07) is 42.7. The molecule has 0 aliphatic rings. The van der Waals surface area contributed by atoms with Gasteiger partial charge in [0, 0.05) is 28.4 Å². The second kappa shape index (κ2) is 11.7. The minimum absolute atomic E-state index is 0.348. The first-order valence-electron chi connectivity index (χ1n) is 14.9. The van der Waals surface area contributed by atoms with Crippen LogP contribution in [0.5, 0.6) is 11.5 Å². The lowest BCUT2D eigenvalue weighted by Gasteiger charge is -2.28. The molecule has 5 nitrogen and oxygen atoms in total. The van der Waals surface area contributed by atoms with Crippen LogP contribution in [0.4, 0.5) is 17.1 Å². The molecule has 222 valence electrons. The molecule has 0 N–H and O–H groups in total. The van der Waals surface area contributed by atoms with E-state index in [2.05, 4.69) is 96.9 Å². The second-order valence-electron chi connectivity index (χ2n) is 11.1. The molecule has 0 atom stereocenters. The van der Waals surface area contributed by atoms with E-state index < -0.39 is 11.9 Å². The van der Waals surface area contributed by atoms with E-state index in [0.717, 1.165) is 39.7 Å². The maximum atomic E-state index is 11.9. The maximum absolute atomic E-state index is 11.9. The Morgan fingerprint density at radius 3 is 1.72 bits per heavy atom. The van der Waals surface area contributed by atoms with E-state index in [-0.39, 0.29) is 0 Å². The van der Waals surface area contributed by atoms with Crippen molar-refractivity contribution in [3.63, 3.8) is 0 Å². The van der Waals surface area contributed by atoms with Crippen molar-refractivity contribution >= 4 is 61.3 Å². The molecular weight excluding hydrogens is 570 g/mol. The summed E-state index contributed by atoms with van der Waals surface area (Å²) in [4.78, 5) is 25.9. The van der Waals surface area contributed by atoms with Gasteiger partial charge in [-0.25, -0.2) is 9.59 Å². The number of benzene rings is 7. The van der Waals surface area contributed by atoms with Gasteiger partial charge >= 0.3 is 11.9 Å². The first-order chi connectivity index (χ1) is 22.4. The third kappa shape index (κ3) is 5.24. The SMILES string of the molecule is C=CC(=O)Oc1ccc(N(c2ccc(-c3ccc(OC(=O)C(=C)C)cc3)cc2)c2ccc3ccc4cccc5ccc2c3c45)cc1. The Labute approximate surface area is 266 Å². The summed E-state index contributed by atoms with van der Waals surface area (Å²) in [6.07, 6.45) is 1.15. The van der Waals surface area contributed by atoms with E-state index >= 15 is 0 Å². The summed E-state index contributed by atoms with van der Waals surface area (Å²) >= 11 is 0. The van der Waals surface area contributed by atoms with Crippen LogP contribution < -0.4 is 14.4 Å². The van der Waals surface area contributed by atoms with E-state index in [9.17, 15) is 9.59 Å². The molecule has 0 amide bonds. The number of esters is 2. The number of ether oxygens (including phenoxy) is 2. The highest BCUT2D eigenvalue weighted by Gasteiger charge is 2.19. The van der Waals surface area contributed by atoms with Gasteiger partial charge in [-0.2, -0.15) is 0 Å². The van der Waals surface area contributed by atoms with Crippen LogP contribution in [-0.2, 0) is 9.59 Å². The van der Waals surface area contributed by atoms with Gasteiger partial charge in [-0.15, -0.1) is 0 Å². The Bertz CT molecular complexity index is 2250. The number of hydrogen-bond acceptors (Lipinski definition) is 5. The molecule has 0 spiro atoms. The molecule has 0 saturated heterocycles. The molecule has 0 radical (unpaired) electrons. The number of nitrogens with zero attached hydrogens (tertiary/aromatic N) is 1. The molecule has 0 aromatic heterocycles. The third-order valence-electron chi connectivity index (χ3n) is 8.10. The molecular formula is C41H29NO4. The van der Waals surface area contributed by atoms with Crippen molar-refractivity contribution in [2.45, 2.75) is 6.92 Å². The first kappa shape index (κ1) is 28.6. The van der Waals surface area contributed by atoms with Crippen LogP contribution in [0.1, 0.15) is 6.92 Å². The predicted octanol–water partition coefficient (Wildman–Crippen LogP) is 10.3. The first-order valence-corrected chi connectivity index (χ1v) is 14.9. The number of hydrogen-bond donors (Lipinski definition) is 0. The summed E-state index contributed by atoms with van der Waals surface area (Å²) in [5, 5.41) is 7.20. The largest absolute Gasteiger partial charge is 0.423 e. The van der Waals surface area contributed by atoms with Crippen LogP contribution in [0.3, 0.4) is 0 Å². The lowest BCUT2D eigenvalue weighted by molar-refractivity contribution is -0.130. The van der Waals surface area contributed by atoms with Crippen molar-refractivity contribution in [1.29, 1.82) is 0 Å². The minimum Gasteiger partial charge on any atom is -0.423 e. The van der Waals surface area contributed by atoms with Gasteiger partial charge in [0.05, 0.1) is 5.69 Å². The van der Waals surface area contributed by atoms with Crippen LogP contribution in [0.25, 0.3) is 43.4 Å².